The molecule has 0 saturated heterocycles. The summed E-state index contributed by atoms with van der Waals surface area (Å²) >= 11 is 0. The van der Waals surface area contributed by atoms with E-state index in [1.807, 2.05) is 0 Å². The van der Waals surface area contributed by atoms with Crippen LogP contribution in [0, 0.1) is 0 Å². The predicted octanol–water partition coefficient (Wildman–Crippen LogP) is 2.59. The average molecular weight is 188 g/mol. The summed E-state index contributed by atoms with van der Waals surface area (Å²) in [5.74, 6) is 0. The number of para-hydroxylation sites is 1. The maximum atomic E-state index is 6.04. The van der Waals surface area contributed by atoms with Gasteiger partial charge in [-0.05, 0) is 23.9 Å². The summed E-state index contributed by atoms with van der Waals surface area (Å²) in [6, 6.07) is 10.7. The molecule has 1 unspecified atom stereocenters. The van der Waals surface area contributed by atoms with Crippen LogP contribution in [0.3, 0.4) is 0 Å². The largest absolute Gasteiger partial charge is 0.346 e. The molecule has 0 aliphatic rings. The van der Waals surface area contributed by atoms with Gasteiger partial charge in [0.05, 0.1) is 0 Å². The Hall–Kier alpha value is -1.28. The summed E-state index contributed by atoms with van der Waals surface area (Å²) in [5, 5.41) is 1.27. The fourth-order valence-electron chi connectivity index (χ4n) is 1.88. The molecule has 0 saturated carbocycles. The molecule has 2 aromatic rings. The van der Waals surface area contributed by atoms with Crippen LogP contribution in [-0.4, -0.2) is 4.57 Å². The smallest absolute Gasteiger partial charge is 0.0480 e. The molecule has 1 atom stereocenters. The molecule has 1 aromatic carbocycles. The third-order valence-electron chi connectivity index (χ3n) is 2.81. The second-order valence-electron chi connectivity index (χ2n) is 3.70. The van der Waals surface area contributed by atoms with Gasteiger partial charge in [-0.25, -0.2) is 0 Å². The van der Waals surface area contributed by atoms with E-state index in [-0.39, 0.29) is 6.04 Å². The molecule has 1 heterocycles. The van der Waals surface area contributed by atoms with Gasteiger partial charge < -0.3 is 10.3 Å². The van der Waals surface area contributed by atoms with Gasteiger partial charge in [0, 0.05) is 24.3 Å². The lowest BCUT2D eigenvalue weighted by Crippen LogP contribution is -2.12. The van der Waals surface area contributed by atoms with Crippen molar-refractivity contribution in [3.8, 4) is 0 Å². The van der Waals surface area contributed by atoms with Gasteiger partial charge >= 0.3 is 0 Å². The van der Waals surface area contributed by atoms with E-state index in [0.717, 1.165) is 6.42 Å². The molecule has 2 rings (SSSR count). The van der Waals surface area contributed by atoms with E-state index in [0.29, 0.717) is 0 Å². The highest BCUT2D eigenvalue weighted by atomic mass is 15.0. The predicted molar refractivity (Wildman–Crippen MR) is 60.1 cm³/mol. The number of aromatic nitrogens is 1. The Morgan fingerprint density at radius 2 is 2.07 bits per heavy atom. The first-order valence-corrected chi connectivity index (χ1v) is 5.04. The van der Waals surface area contributed by atoms with E-state index < -0.39 is 0 Å². The normalized spacial score (nSPS) is 13.4. The van der Waals surface area contributed by atoms with Crippen LogP contribution in [0.4, 0.5) is 0 Å². The number of nitrogens with two attached hydrogens (primary N) is 1. The van der Waals surface area contributed by atoms with Gasteiger partial charge in [0.15, 0.2) is 0 Å². The van der Waals surface area contributed by atoms with Crippen molar-refractivity contribution < 1.29 is 0 Å². The third kappa shape index (κ3) is 1.32. The molecule has 0 spiro atoms. The topological polar surface area (TPSA) is 30.9 Å². The molecule has 0 radical (unpaired) electrons. The number of rotatable bonds is 2. The van der Waals surface area contributed by atoms with E-state index in [4.69, 9.17) is 5.73 Å². The maximum absolute atomic E-state index is 6.04. The van der Waals surface area contributed by atoms with Crippen LogP contribution in [0.15, 0.2) is 30.3 Å². The summed E-state index contributed by atoms with van der Waals surface area (Å²) in [6.45, 7) is 2.11. The van der Waals surface area contributed by atoms with Gasteiger partial charge in [0.2, 0.25) is 0 Å². The van der Waals surface area contributed by atoms with Gasteiger partial charge in [-0.2, -0.15) is 0 Å². The highest BCUT2D eigenvalue weighted by Crippen LogP contribution is 2.23. The van der Waals surface area contributed by atoms with Gasteiger partial charge in [-0.1, -0.05) is 25.1 Å². The summed E-state index contributed by atoms with van der Waals surface area (Å²) < 4.78 is 2.18. The zero-order chi connectivity index (χ0) is 10.1. The lowest BCUT2D eigenvalue weighted by atomic mass is 10.1. The van der Waals surface area contributed by atoms with E-state index in [9.17, 15) is 0 Å². The summed E-state index contributed by atoms with van der Waals surface area (Å²) in [5.41, 5.74) is 8.51. The monoisotopic (exact) mass is 188 g/mol. The Morgan fingerprint density at radius 1 is 1.36 bits per heavy atom. The van der Waals surface area contributed by atoms with Gasteiger partial charge in [0.25, 0.3) is 0 Å². The number of nitrogens with zero attached hydrogens (tertiary/aromatic N) is 1. The molecule has 2 N–H and O–H groups in total. The lowest BCUT2D eigenvalue weighted by molar-refractivity contribution is 0.646. The zero-order valence-corrected chi connectivity index (χ0v) is 8.70. The molecular weight excluding hydrogens is 172 g/mol. The molecule has 0 fully saturated rings. The standard InChI is InChI=1S/C12H16N2/c1-3-10(13)12-8-9-6-4-5-7-11(9)14(12)2/h4-8,10H,3,13H2,1-2H3. The highest BCUT2D eigenvalue weighted by molar-refractivity contribution is 5.81. The second kappa shape index (κ2) is 3.46. The molecule has 0 aliphatic heterocycles. The molecule has 74 valence electrons. The summed E-state index contributed by atoms with van der Waals surface area (Å²) in [7, 11) is 2.08. The van der Waals surface area contributed by atoms with Crippen molar-refractivity contribution in [1.82, 2.24) is 4.57 Å². The highest BCUT2D eigenvalue weighted by Gasteiger charge is 2.10. The lowest BCUT2D eigenvalue weighted by Gasteiger charge is -2.10. The number of aryl methyl sites for hydroxylation is 1. The molecule has 2 nitrogen and oxygen atoms in total. The Labute approximate surface area is 84.3 Å². The van der Waals surface area contributed by atoms with Crippen LogP contribution in [0.1, 0.15) is 25.1 Å². The van der Waals surface area contributed by atoms with Gasteiger partial charge in [0.1, 0.15) is 0 Å². The fraction of sp³-hybridized carbons (Fsp3) is 0.333. The zero-order valence-electron chi connectivity index (χ0n) is 8.70. The minimum atomic E-state index is 0.146. The van der Waals surface area contributed by atoms with Crippen LogP contribution in [0.2, 0.25) is 0 Å². The van der Waals surface area contributed by atoms with Gasteiger partial charge in [-0.15, -0.1) is 0 Å². The second-order valence-corrected chi connectivity index (χ2v) is 3.70. The minimum absolute atomic E-state index is 0.146. The van der Waals surface area contributed by atoms with Crippen LogP contribution in [-0.2, 0) is 7.05 Å². The SMILES string of the molecule is CCC(N)c1cc2ccccc2n1C. The van der Waals surface area contributed by atoms with Gasteiger partial charge in [-0.3, -0.25) is 0 Å². The van der Waals surface area contributed by atoms with Crippen molar-refractivity contribution in [3.05, 3.63) is 36.0 Å². The van der Waals surface area contributed by atoms with Crippen LogP contribution < -0.4 is 5.73 Å². The molecular formula is C12H16N2. The summed E-state index contributed by atoms with van der Waals surface area (Å²) in [6.07, 6.45) is 0.976. The van der Waals surface area contributed by atoms with Crippen LogP contribution in [0.5, 0.6) is 0 Å². The fourth-order valence-corrected chi connectivity index (χ4v) is 1.88. The third-order valence-corrected chi connectivity index (χ3v) is 2.81. The Morgan fingerprint density at radius 3 is 2.71 bits per heavy atom. The minimum Gasteiger partial charge on any atom is -0.346 e. The van der Waals surface area contributed by atoms with Crippen molar-refractivity contribution in [2.75, 3.05) is 0 Å². The first kappa shape index (κ1) is 9.28. The number of benzene rings is 1. The number of hydrogen-bond donors (Lipinski definition) is 1. The van der Waals surface area contributed by atoms with Crippen LogP contribution in [0.25, 0.3) is 10.9 Å². The van der Waals surface area contributed by atoms with E-state index >= 15 is 0 Å². The van der Waals surface area contributed by atoms with Crippen molar-refractivity contribution in [2.24, 2.45) is 12.8 Å². The van der Waals surface area contributed by atoms with Crippen molar-refractivity contribution in [3.63, 3.8) is 0 Å². The van der Waals surface area contributed by atoms with Crippen LogP contribution >= 0.6 is 0 Å². The first-order chi connectivity index (χ1) is 6.74. The van der Waals surface area contributed by atoms with E-state index in [2.05, 4.69) is 48.9 Å². The molecule has 1 aromatic heterocycles. The first-order valence-electron chi connectivity index (χ1n) is 5.04. The van der Waals surface area contributed by atoms with E-state index in [1.165, 1.54) is 16.6 Å². The molecule has 0 amide bonds. The van der Waals surface area contributed by atoms with Crippen molar-refractivity contribution in [1.29, 1.82) is 0 Å². The quantitative estimate of drug-likeness (QED) is 0.771. The molecule has 14 heavy (non-hydrogen) atoms. The Balaban J connectivity index is 2.62. The Bertz CT molecular complexity index is 443. The van der Waals surface area contributed by atoms with Crippen molar-refractivity contribution in [2.45, 2.75) is 19.4 Å². The summed E-state index contributed by atoms with van der Waals surface area (Å²) in [4.78, 5) is 0. The maximum Gasteiger partial charge on any atom is 0.0480 e. The average Bonchev–Trinajstić information content (AvgIpc) is 2.56. The van der Waals surface area contributed by atoms with Crippen molar-refractivity contribution >= 4 is 10.9 Å². The molecule has 2 heteroatoms. The number of hydrogen-bond acceptors (Lipinski definition) is 1. The molecule has 0 aliphatic carbocycles. The molecule has 0 bridgehead atoms. The number of fused-ring (bicyclic) bond motifs is 1. The Kier molecular flexibility index (Phi) is 2.30. The van der Waals surface area contributed by atoms with E-state index in [1.54, 1.807) is 0 Å².